The molecule has 1 aromatic rings. The van der Waals surface area contributed by atoms with Crippen LogP contribution in [-0.4, -0.2) is 11.8 Å². The summed E-state index contributed by atoms with van der Waals surface area (Å²) in [5.41, 5.74) is 3.30. The Hall–Kier alpha value is -1.42. The van der Waals surface area contributed by atoms with E-state index in [1.807, 2.05) is 26.0 Å². The van der Waals surface area contributed by atoms with Crippen LogP contribution in [-0.2, 0) is 9.59 Å². The smallest absolute Gasteiger partial charge is 0.258 e. The SMILES string of the molecule is Cc1cc(C2=CC(=O)NC2=O)cc(C)c1Br. The molecule has 16 heavy (non-hydrogen) atoms. The molecule has 0 bridgehead atoms. The summed E-state index contributed by atoms with van der Waals surface area (Å²) in [4.78, 5) is 22.5. The Morgan fingerprint density at radius 3 is 2.12 bits per heavy atom. The van der Waals surface area contributed by atoms with Gasteiger partial charge in [0.25, 0.3) is 11.8 Å². The molecule has 1 aliphatic heterocycles. The van der Waals surface area contributed by atoms with Gasteiger partial charge in [-0.2, -0.15) is 0 Å². The number of carbonyl (C=O) groups is 2. The molecule has 0 radical (unpaired) electrons. The molecule has 0 atom stereocenters. The zero-order valence-electron chi connectivity index (χ0n) is 8.93. The molecule has 0 saturated heterocycles. The van der Waals surface area contributed by atoms with Crippen LogP contribution in [0.2, 0.25) is 0 Å². The Balaban J connectivity index is 2.54. The van der Waals surface area contributed by atoms with Crippen LogP contribution >= 0.6 is 15.9 Å². The number of rotatable bonds is 1. The fourth-order valence-electron chi connectivity index (χ4n) is 1.73. The van der Waals surface area contributed by atoms with Crippen molar-refractivity contribution < 1.29 is 9.59 Å². The second kappa shape index (κ2) is 3.87. The maximum absolute atomic E-state index is 11.5. The van der Waals surface area contributed by atoms with Gasteiger partial charge in [0, 0.05) is 10.5 Å². The lowest BCUT2D eigenvalue weighted by molar-refractivity contribution is -0.123. The number of hydrogen-bond donors (Lipinski definition) is 1. The summed E-state index contributed by atoms with van der Waals surface area (Å²) >= 11 is 3.46. The van der Waals surface area contributed by atoms with Crippen molar-refractivity contribution in [1.82, 2.24) is 5.32 Å². The van der Waals surface area contributed by atoms with Crippen molar-refractivity contribution in [2.75, 3.05) is 0 Å². The molecule has 2 amide bonds. The number of halogens is 1. The van der Waals surface area contributed by atoms with Gasteiger partial charge in [-0.05, 0) is 30.5 Å². The molecular weight excluding hydrogens is 270 g/mol. The molecule has 4 heteroatoms. The summed E-state index contributed by atoms with van der Waals surface area (Å²) in [5.74, 6) is -0.677. The fourth-order valence-corrected chi connectivity index (χ4v) is 1.96. The van der Waals surface area contributed by atoms with Crippen LogP contribution < -0.4 is 5.32 Å². The highest BCUT2D eigenvalue weighted by molar-refractivity contribution is 9.10. The highest BCUT2D eigenvalue weighted by Crippen LogP contribution is 2.27. The normalized spacial score (nSPS) is 15.1. The van der Waals surface area contributed by atoms with Crippen molar-refractivity contribution in [2.24, 2.45) is 0 Å². The van der Waals surface area contributed by atoms with Crippen molar-refractivity contribution in [1.29, 1.82) is 0 Å². The Morgan fingerprint density at radius 1 is 1.12 bits per heavy atom. The molecule has 1 heterocycles. The van der Waals surface area contributed by atoms with Gasteiger partial charge in [0.15, 0.2) is 0 Å². The number of hydrogen-bond acceptors (Lipinski definition) is 2. The number of benzene rings is 1. The quantitative estimate of drug-likeness (QED) is 0.801. The minimum Gasteiger partial charge on any atom is -0.289 e. The fraction of sp³-hybridized carbons (Fsp3) is 0.167. The second-order valence-electron chi connectivity index (χ2n) is 3.80. The van der Waals surface area contributed by atoms with Crippen LogP contribution in [0.25, 0.3) is 5.57 Å². The highest BCUT2D eigenvalue weighted by Gasteiger charge is 2.22. The Bertz CT molecular complexity index is 509. The second-order valence-corrected chi connectivity index (χ2v) is 4.59. The molecule has 1 aromatic carbocycles. The Labute approximate surface area is 102 Å². The monoisotopic (exact) mass is 279 g/mol. The van der Waals surface area contributed by atoms with Crippen molar-refractivity contribution in [3.63, 3.8) is 0 Å². The summed E-state index contributed by atoms with van der Waals surface area (Å²) in [6, 6.07) is 3.78. The lowest BCUT2D eigenvalue weighted by atomic mass is 10.0. The zero-order valence-corrected chi connectivity index (χ0v) is 10.5. The molecule has 2 rings (SSSR count). The summed E-state index contributed by atoms with van der Waals surface area (Å²) in [7, 11) is 0. The van der Waals surface area contributed by atoms with Gasteiger partial charge in [0.1, 0.15) is 0 Å². The van der Waals surface area contributed by atoms with E-state index in [9.17, 15) is 9.59 Å². The zero-order chi connectivity index (χ0) is 11.9. The van der Waals surface area contributed by atoms with Gasteiger partial charge in [-0.25, -0.2) is 0 Å². The maximum Gasteiger partial charge on any atom is 0.258 e. The third kappa shape index (κ3) is 1.80. The van der Waals surface area contributed by atoms with Crippen molar-refractivity contribution in [3.8, 4) is 0 Å². The predicted octanol–water partition coefficient (Wildman–Crippen LogP) is 2.11. The van der Waals surface area contributed by atoms with Crippen LogP contribution in [0.1, 0.15) is 16.7 Å². The molecule has 3 nitrogen and oxygen atoms in total. The Kier molecular flexibility index (Phi) is 2.68. The van der Waals surface area contributed by atoms with E-state index < -0.39 is 0 Å². The molecule has 0 aliphatic carbocycles. The average molecular weight is 280 g/mol. The van der Waals surface area contributed by atoms with Gasteiger partial charge in [-0.15, -0.1) is 0 Å². The summed E-state index contributed by atoms with van der Waals surface area (Å²) in [6.45, 7) is 3.91. The van der Waals surface area contributed by atoms with Crippen LogP contribution in [0.5, 0.6) is 0 Å². The van der Waals surface area contributed by atoms with E-state index in [4.69, 9.17) is 0 Å². The molecular formula is C12H10BrNO2. The minimum absolute atomic E-state index is 0.328. The van der Waals surface area contributed by atoms with Crippen molar-refractivity contribution in [3.05, 3.63) is 39.4 Å². The van der Waals surface area contributed by atoms with Gasteiger partial charge in [-0.3, -0.25) is 14.9 Å². The first-order chi connectivity index (χ1) is 7.49. The van der Waals surface area contributed by atoms with E-state index >= 15 is 0 Å². The molecule has 0 saturated carbocycles. The largest absolute Gasteiger partial charge is 0.289 e. The van der Waals surface area contributed by atoms with E-state index in [-0.39, 0.29) is 11.8 Å². The third-order valence-corrected chi connectivity index (χ3v) is 3.76. The van der Waals surface area contributed by atoms with E-state index in [1.54, 1.807) is 0 Å². The van der Waals surface area contributed by atoms with Gasteiger partial charge >= 0.3 is 0 Å². The summed E-state index contributed by atoms with van der Waals surface area (Å²) < 4.78 is 1.03. The average Bonchev–Trinajstić information content (AvgIpc) is 2.53. The lowest BCUT2D eigenvalue weighted by Crippen LogP contribution is -2.21. The first-order valence-corrected chi connectivity index (χ1v) is 5.62. The molecule has 1 aliphatic rings. The van der Waals surface area contributed by atoms with Gasteiger partial charge in [0.05, 0.1) is 5.57 Å². The number of amides is 2. The highest BCUT2D eigenvalue weighted by atomic mass is 79.9. The van der Waals surface area contributed by atoms with E-state index in [2.05, 4.69) is 21.2 Å². The molecule has 0 spiro atoms. The first-order valence-electron chi connectivity index (χ1n) is 4.83. The molecule has 82 valence electrons. The van der Waals surface area contributed by atoms with Crippen molar-refractivity contribution in [2.45, 2.75) is 13.8 Å². The van der Waals surface area contributed by atoms with E-state index in [0.717, 1.165) is 21.2 Å². The molecule has 0 unspecified atom stereocenters. The Morgan fingerprint density at radius 2 is 1.69 bits per heavy atom. The topological polar surface area (TPSA) is 46.2 Å². The standard InChI is InChI=1S/C12H10BrNO2/c1-6-3-8(4-7(2)11(6)13)9-5-10(15)14-12(9)16/h3-5H,1-2H3,(H,14,15,16). The predicted molar refractivity (Wildman–Crippen MR) is 64.7 cm³/mol. The summed E-state index contributed by atoms with van der Waals surface area (Å²) in [5, 5.41) is 2.24. The van der Waals surface area contributed by atoms with Gasteiger partial charge in [-0.1, -0.05) is 28.1 Å². The maximum atomic E-state index is 11.5. The van der Waals surface area contributed by atoms with Crippen molar-refractivity contribution >= 4 is 33.3 Å². The van der Waals surface area contributed by atoms with Gasteiger partial charge in [0.2, 0.25) is 0 Å². The minimum atomic E-state index is -0.349. The number of nitrogens with one attached hydrogen (secondary N) is 1. The molecule has 0 fully saturated rings. The third-order valence-electron chi connectivity index (χ3n) is 2.50. The van der Waals surface area contributed by atoms with Crippen LogP contribution in [0.15, 0.2) is 22.7 Å². The van der Waals surface area contributed by atoms with Crippen LogP contribution in [0.3, 0.4) is 0 Å². The number of carbonyl (C=O) groups excluding carboxylic acids is 2. The van der Waals surface area contributed by atoms with Crippen LogP contribution in [0.4, 0.5) is 0 Å². The summed E-state index contributed by atoms with van der Waals surface area (Å²) in [6.07, 6.45) is 1.34. The van der Waals surface area contributed by atoms with Gasteiger partial charge < -0.3 is 0 Å². The van der Waals surface area contributed by atoms with Crippen LogP contribution in [0, 0.1) is 13.8 Å². The molecule has 1 N–H and O–H groups in total. The van der Waals surface area contributed by atoms with E-state index in [0.29, 0.717) is 5.57 Å². The number of imide groups is 1. The first kappa shape index (κ1) is 11.1. The lowest BCUT2D eigenvalue weighted by Gasteiger charge is -2.07. The van der Waals surface area contributed by atoms with E-state index in [1.165, 1.54) is 6.08 Å². The number of aryl methyl sites for hydroxylation is 2. The molecule has 0 aromatic heterocycles.